The molecule has 164 valence electrons. The van der Waals surface area contributed by atoms with Gasteiger partial charge in [0.05, 0.1) is 0 Å². The number of fused-ring (bicyclic) bond motifs is 1. The Bertz CT molecular complexity index is 905. The van der Waals surface area contributed by atoms with Crippen molar-refractivity contribution in [2.24, 2.45) is 23.7 Å². The van der Waals surface area contributed by atoms with Crippen molar-refractivity contribution in [1.82, 2.24) is 5.32 Å². The topological polar surface area (TPSA) is 42.2 Å². The van der Waals surface area contributed by atoms with Crippen LogP contribution in [0.2, 0.25) is 0 Å². The molecule has 6 unspecified atom stereocenters. The third-order valence-electron chi connectivity index (χ3n) is 7.64. The molecule has 0 bridgehead atoms. The Hall–Kier alpha value is -1.59. The second kappa shape index (κ2) is 8.16. The van der Waals surface area contributed by atoms with Crippen LogP contribution in [0.5, 0.6) is 0 Å². The Kier molecular flexibility index (Phi) is 5.88. The average Bonchev–Trinajstić information content (AvgIpc) is 3.54. The van der Waals surface area contributed by atoms with Crippen LogP contribution in [0.3, 0.4) is 0 Å². The maximum absolute atomic E-state index is 13.3. The largest absolute Gasteiger partial charge is 0.414 e. The smallest absolute Gasteiger partial charge is 0.383 e. The van der Waals surface area contributed by atoms with Gasteiger partial charge in [-0.1, -0.05) is 57.5 Å². The molecule has 5 heteroatoms. The molecule has 30 heavy (non-hydrogen) atoms. The second-order valence-electron chi connectivity index (χ2n) is 9.44. The fourth-order valence-corrected chi connectivity index (χ4v) is 5.55. The Balaban J connectivity index is 1.65. The molecule has 0 spiro atoms. The van der Waals surface area contributed by atoms with E-state index in [4.69, 9.17) is 0 Å². The van der Waals surface area contributed by atoms with Crippen molar-refractivity contribution >= 4 is 10.8 Å². The summed E-state index contributed by atoms with van der Waals surface area (Å²) in [6.07, 6.45) is -4.06. The van der Waals surface area contributed by atoms with Gasteiger partial charge in [0.25, 0.3) is 0 Å². The molecule has 6 atom stereocenters. The van der Waals surface area contributed by atoms with Crippen LogP contribution in [-0.4, -0.2) is 23.9 Å². The molecule has 2 aromatic carbocycles. The highest BCUT2D eigenvalue weighted by molar-refractivity contribution is 5.88. The van der Waals surface area contributed by atoms with Gasteiger partial charge in [0, 0.05) is 12.6 Å². The minimum Gasteiger partial charge on any atom is -0.383 e. The molecule has 1 aliphatic carbocycles. The summed E-state index contributed by atoms with van der Waals surface area (Å²) in [5, 5.41) is 15.9. The van der Waals surface area contributed by atoms with Gasteiger partial charge >= 0.3 is 6.18 Å². The van der Waals surface area contributed by atoms with Crippen molar-refractivity contribution in [2.75, 3.05) is 6.54 Å². The van der Waals surface area contributed by atoms with Crippen molar-refractivity contribution < 1.29 is 18.3 Å². The van der Waals surface area contributed by atoms with E-state index in [0.717, 1.165) is 30.3 Å². The van der Waals surface area contributed by atoms with E-state index < -0.39 is 18.2 Å². The van der Waals surface area contributed by atoms with Crippen molar-refractivity contribution in [1.29, 1.82) is 0 Å². The quantitative estimate of drug-likeness (QED) is 0.601. The summed E-state index contributed by atoms with van der Waals surface area (Å²) in [7, 11) is 0. The van der Waals surface area contributed by atoms with Gasteiger partial charge in [-0.2, -0.15) is 13.2 Å². The van der Waals surface area contributed by atoms with Crippen molar-refractivity contribution in [2.45, 2.75) is 64.8 Å². The van der Waals surface area contributed by atoms with Gasteiger partial charge in [-0.05, 0) is 70.4 Å². The summed E-state index contributed by atoms with van der Waals surface area (Å²) in [6, 6.07) is 11.1. The molecular weight excluding hydrogens is 387 g/mol. The highest BCUT2D eigenvalue weighted by Gasteiger charge is 2.49. The minimum absolute atomic E-state index is 0.144. The molecule has 2 aromatic rings. The summed E-state index contributed by atoms with van der Waals surface area (Å²) < 4.78 is 40.0. The molecule has 1 saturated heterocycles. The fourth-order valence-electron chi connectivity index (χ4n) is 5.55. The first kappa shape index (κ1) is 21.6. The van der Waals surface area contributed by atoms with E-state index in [1.807, 2.05) is 0 Å². The zero-order valence-corrected chi connectivity index (χ0v) is 18.0. The molecule has 1 saturated carbocycles. The van der Waals surface area contributed by atoms with Crippen LogP contribution in [0, 0.1) is 23.7 Å². The highest BCUT2D eigenvalue weighted by Crippen LogP contribution is 2.45. The van der Waals surface area contributed by atoms with Crippen LogP contribution in [0.4, 0.5) is 13.2 Å². The zero-order valence-electron chi connectivity index (χ0n) is 18.0. The van der Waals surface area contributed by atoms with Crippen molar-refractivity contribution in [3.05, 3.63) is 47.0 Å². The third-order valence-corrected chi connectivity index (χ3v) is 7.64. The zero-order chi connectivity index (χ0) is 21.6. The minimum atomic E-state index is -4.56. The van der Waals surface area contributed by atoms with Crippen LogP contribution in [0.1, 0.15) is 56.3 Å². The molecule has 2 aliphatic rings. The fraction of sp³-hybridized carbons (Fsp3) is 0.600. The van der Waals surface area contributed by atoms with E-state index in [0.29, 0.717) is 24.8 Å². The molecule has 2 nitrogen and oxygen atoms in total. The lowest BCUT2D eigenvalue weighted by molar-refractivity contribution is -0.231. The van der Waals surface area contributed by atoms with E-state index in [9.17, 15) is 18.3 Å². The third kappa shape index (κ3) is 4.11. The van der Waals surface area contributed by atoms with E-state index in [1.165, 1.54) is 16.5 Å². The Labute approximate surface area is 176 Å². The first-order valence-electron chi connectivity index (χ1n) is 11.2. The molecule has 0 amide bonds. The van der Waals surface area contributed by atoms with Crippen LogP contribution in [-0.2, 0) is 12.8 Å². The summed E-state index contributed by atoms with van der Waals surface area (Å²) in [4.78, 5) is 0. The lowest BCUT2D eigenvalue weighted by atomic mass is 9.64. The Morgan fingerprint density at radius 2 is 1.87 bits per heavy atom. The molecule has 1 aliphatic heterocycles. The average molecular weight is 420 g/mol. The van der Waals surface area contributed by atoms with Crippen LogP contribution >= 0.6 is 0 Å². The summed E-state index contributed by atoms with van der Waals surface area (Å²) >= 11 is 0. The molecule has 0 aromatic heterocycles. The lowest BCUT2D eigenvalue weighted by Gasteiger charge is -2.43. The van der Waals surface area contributed by atoms with Gasteiger partial charge in [-0.15, -0.1) is 0 Å². The standard InChI is InChI=1S/C25H32F3NO/c1-4-17-7-8-18-11-16(6-10-19(18)23(17)22-13-29-22)12-21-15(3)14(2)5-9-20(21)24(30)25(26,27)28/h6-8,10-11,14-15,20-22,24,29-30H,4-5,9,12-13H2,1-3H3. The van der Waals surface area contributed by atoms with Crippen molar-refractivity contribution in [3.63, 3.8) is 0 Å². The van der Waals surface area contributed by atoms with Crippen LogP contribution < -0.4 is 5.32 Å². The number of nitrogens with one attached hydrogen (secondary N) is 1. The number of alkyl halides is 3. The summed E-state index contributed by atoms with van der Waals surface area (Å²) in [6.45, 7) is 7.34. The Morgan fingerprint density at radius 3 is 2.50 bits per heavy atom. The van der Waals surface area contributed by atoms with E-state index >= 15 is 0 Å². The summed E-state index contributed by atoms with van der Waals surface area (Å²) in [5.41, 5.74) is 3.78. The number of hydrogen-bond acceptors (Lipinski definition) is 2. The van der Waals surface area contributed by atoms with Gasteiger partial charge in [0.15, 0.2) is 6.10 Å². The van der Waals surface area contributed by atoms with E-state index in [1.54, 1.807) is 0 Å². The number of halogens is 3. The number of aliphatic hydroxyl groups excluding tert-OH is 1. The Morgan fingerprint density at radius 1 is 1.13 bits per heavy atom. The van der Waals surface area contributed by atoms with E-state index in [2.05, 4.69) is 56.4 Å². The molecule has 0 radical (unpaired) electrons. The predicted octanol–water partition coefficient (Wildman–Crippen LogP) is 5.81. The number of benzene rings is 2. The van der Waals surface area contributed by atoms with Gasteiger partial charge in [0.1, 0.15) is 0 Å². The molecule has 4 rings (SSSR count). The molecule has 1 heterocycles. The number of aryl methyl sites for hydroxylation is 1. The SMILES string of the molecule is CCc1ccc2cc(CC3C(C)C(C)CCC3C(O)C(F)(F)F)ccc2c1C1CN1. The number of hydrogen-bond donors (Lipinski definition) is 2. The maximum atomic E-state index is 13.3. The highest BCUT2D eigenvalue weighted by atomic mass is 19.4. The second-order valence-corrected chi connectivity index (χ2v) is 9.44. The van der Waals surface area contributed by atoms with Crippen LogP contribution in [0.15, 0.2) is 30.3 Å². The van der Waals surface area contributed by atoms with Gasteiger partial charge in [-0.25, -0.2) is 0 Å². The lowest BCUT2D eigenvalue weighted by Crippen LogP contribution is -2.45. The van der Waals surface area contributed by atoms with Gasteiger partial charge in [-0.3, -0.25) is 0 Å². The van der Waals surface area contributed by atoms with Crippen molar-refractivity contribution in [3.8, 4) is 0 Å². The first-order chi connectivity index (χ1) is 14.2. The van der Waals surface area contributed by atoms with Gasteiger partial charge in [0.2, 0.25) is 0 Å². The number of rotatable bonds is 5. The first-order valence-corrected chi connectivity index (χ1v) is 11.2. The normalized spacial score (nSPS) is 30.4. The monoisotopic (exact) mass is 419 g/mol. The molecule has 2 fully saturated rings. The maximum Gasteiger partial charge on any atom is 0.414 e. The van der Waals surface area contributed by atoms with Crippen LogP contribution in [0.25, 0.3) is 10.8 Å². The predicted molar refractivity (Wildman–Crippen MR) is 114 cm³/mol. The van der Waals surface area contributed by atoms with E-state index in [-0.39, 0.29) is 11.8 Å². The summed E-state index contributed by atoms with van der Waals surface area (Å²) in [5.74, 6) is -0.403. The molecule has 2 N–H and O–H groups in total. The molecular formula is C25H32F3NO. The van der Waals surface area contributed by atoms with Gasteiger partial charge < -0.3 is 10.4 Å². The number of aliphatic hydroxyl groups is 1.